The van der Waals surface area contributed by atoms with E-state index in [0.29, 0.717) is 6.04 Å². The molecule has 0 unspecified atom stereocenters. The highest BCUT2D eigenvalue weighted by Gasteiger charge is 2.47. The van der Waals surface area contributed by atoms with E-state index < -0.39 is 5.41 Å². The van der Waals surface area contributed by atoms with Crippen molar-refractivity contribution in [2.24, 2.45) is 0 Å². The molecule has 0 atom stereocenters. The predicted molar refractivity (Wildman–Crippen MR) is 149 cm³/mol. The maximum atomic E-state index is 6.67. The van der Waals surface area contributed by atoms with Crippen molar-refractivity contribution in [2.75, 3.05) is 4.90 Å². The van der Waals surface area contributed by atoms with Crippen LogP contribution in [-0.4, -0.2) is 6.04 Å². The van der Waals surface area contributed by atoms with Crippen molar-refractivity contribution in [2.45, 2.75) is 25.3 Å². The van der Waals surface area contributed by atoms with Crippen LogP contribution in [0.15, 0.2) is 126 Å². The van der Waals surface area contributed by atoms with Crippen LogP contribution in [0.2, 0.25) is 0 Å². The first-order chi connectivity index (χ1) is 17.7. The van der Waals surface area contributed by atoms with Gasteiger partial charge in [0.1, 0.15) is 11.2 Å². The number of hydrogen-bond donors (Lipinski definition) is 0. The zero-order valence-corrected chi connectivity index (χ0v) is 20.5. The molecule has 174 valence electrons. The van der Waals surface area contributed by atoms with Crippen molar-refractivity contribution < 1.29 is 4.42 Å². The first kappa shape index (κ1) is 21.0. The lowest BCUT2D eigenvalue weighted by atomic mass is 9.62. The Morgan fingerprint density at radius 3 is 1.81 bits per heavy atom. The molecule has 36 heavy (non-hydrogen) atoms. The van der Waals surface area contributed by atoms with Crippen molar-refractivity contribution in [3.8, 4) is 0 Å². The summed E-state index contributed by atoms with van der Waals surface area (Å²) in [4.78, 5) is 2.48. The standard InChI is InChI=1S/C34H27NO/c1-23(2)35-30-20-9-7-17-27(30)34(24-13-4-3-5-14-24,28-18-8-10-21-31(28)35)29-19-12-16-26-25-15-6-11-22-32(25)36-33(26)29/h3-23H,1-2H3. The third-order valence-electron chi connectivity index (χ3n) is 7.67. The highest BCUT2D eigenvalue weighted by atomic mass is 16.3. The molecule has 0 saturated carbocycles. The van der Waals surface area contributed by atoms with Crippen LogP contribution in [0.3, 0.4) is 0 Å². The van der Waals surface area contributed by atoms with E-state index in [1.54, 1.807) is 0 Å². The molecule has 0 saturated heterocycles. The van der Waals surface area contributed by atoms with Crippen LogP contribution in [0.25, 0.3) is 21.9 Å². The van der Waals surface area contributed by atoms with E-state index in [0.717, 1.165) is 21.9 Å². The fourth-order valence-corrected chi connectivity index (χ4v) is 6.32. The molecule has 1 aliphatic rings. The molecule has 1 aliphatic heterocycles. The monoisotopic (exact) mass is 465 g/mol. The number of rotatable bonds is 3. The van der Waals surface area contributed by atoms with Gasteiger partial charge in [-0.05, 0) is 48.7 Å². The molecule has 5 aromatic carbocycles. The minimum atomic E-state index is -0.535. The van der Waals surface area contributed by atoms with Crippen LogP contribution >= 0.6 is 0 Å². The first-order valence-corrected chi connectivity index (χ1v) is 12.7. The first-order valence-electron chi connectivity index (χ1n) is 12.7. The summed E-state index contributed by atoms with van der Waals surface area (Å²) in [5, 5.41) is 2.30. The number of benzene rings is 5. The zero-order chi connectivity index (χ0) is 24.3. The van der Waals surface area contributed by atoms with Crippen molar-refractivity contribution in [1.82, 2.24) is 0 Å². The second kappa shape index (κ2) is 7.86. The van der Waals surface area contributed by atoms with Gasteiger partial charge in [-0.25, -0.2) is 0 Å². The number of anilines is 2. The Balaban J connectivity index is 1.71. The Labute approximate surface area is 211 Å². The van der Waals surface area contributed by atoms with Gasteiger partial charge in [0.05, 0.1) is 5.41 Å². The molecule has 0 bridgehead atoms. The molecule has 7 rings (SSSR count). The van der Waals surface area contributed by atoms with Gasteiger partial charge in [-0.3, -0.25) is 0 Å². The predicted octanol–water partition coefficient (Wildman–Crippen LogP) is 8.83. The van der Waals surface area contributed by atoms with Crippen molar-refractivity contribution >= 4 is 33.3 Å². The molecule has 6 aromatic rings. The molecule has 0 aliphatic carbocycles. The Bertz CT molecular complexity index is 1680. The number of furan rings is 1. The van der Waals surface area contributed by atoms with Gasteiger partial charge in [0.25, 0.3) is 0 Å². The molecule has 2 heterocycles. The topological polar surface area (TPSA) is 16.4 Å². The average Bonchev–Trinajstić information content (AvgIpc) is 3.31. The van der Waals surface area contributed by atoms with E-state index in [9.17, 15) is 0 Å². The average molecular weight is 466 g/mol. The lowest BCUT2D eigenvalue weighted by Crippen LogP contribution is -2.41. The molecule has 0 spiro atoms. The fourth-order valence-electron chi connectivity index (χ4n) is 6.32. The largest absolute Gasteiger partial charge is 0.456 e. The van der Waals surface area contributed by atoms with Gasteiger partial charge < -0.3 is 9.32 Å². The van der Waals surface area contributed by atoms with Gasteiger partial charge in [-0.15, -0.1) is 0 Å². The number of nitrogens with zero attached hydrogens (tertiary/aromatic N) is 1. The van der Waals surface area contributed by atoms with E-state index in [4.69, 9.17) is 4.42 Å². The SMILES string of the molecule is CC(C)N1c2ccccc2C(c2ccccc2)(c2cccc3c2oc2ccccc23)c2ccccc21. The third-order valence-corrected chi connectivity index (χ3v) is 7.67. The minimum Gasteiger partial charge on any atom is -0.456 e. The van der Waals surface area contributed by atoms with Crippen LogP contribution in [0.4, 0.5) is 11.4 Å². The normalized spacial score (nSPS) is 14.2. The molecule has 1 aromatic heterocycles. The van der Waals surface area contributed by atoms with Crippen molar-refractivity contribution in [1.29, 1.82) is 0 Å². The Hall–Kier alpha value is -4.30. The quantitative estimate of drug-likeness (QED) is 0.260. The summed E-state index contributed by atoms with van der Waals surface area (Å²) >= 11 is 0. The lowest BCUT2D eigenvalue weighted by Gasteiger charge is -2.47. The van der Waals surface area contributed by atoms with Gasteiger partial charge in [-0.2, -0.15) is 0 Å². The maximum absolute atomic E-state index is 6.67. The van der Waals surface area contributed by atoms with Gasteiger partial charge in [0, 0.05) is 33.8 Å². The molecule has 0 fully saturated rings. The second-order valence-corrected chi connectivity index (χ2v) is 9.89. The molecule has 2 nitrogen and oxygen atoms in total. The van der Waals surface area contributed by atoms with E-state index in [1.807, 2.05) is 6.07 Å². The van der Waals surface area contributed by atoms with E-state index in [1.165, 1.54) is 33.6 Å². The van der Waals surface area contributed by atoms with Crippen LogP contribution in [-0.2, 0) is 5.41 Å². The Morgan fingerprint density at radius 2 is 1.11 bits per heavy atom. The highest BCUT2D eigenvalue weighted by molar-refractivity contribution is 6.07. The van der Waals surface area contributed by atoms with E-state index in [2.05, 4.69) is 134 Å². The molecule has 0 N–H and O–H groups in total. The summed E-state index contributed by atoms with van der Waals surface area (Å²) in [5.74, 6) is 0. The summed E-state index contributed by atoms with van der Waals surface area (Å²) in [6.07, 6.45) is 0. The molecule has 0 radical (unpaired) electrons. The second-order valence-electron chi connectivity index (χ2n) is 9.89. The van der Waals surface area contributed by atoms with Crippen LogP contribution in [0.5, 0.6) is 0 Å². The molecule has 2 heteroatoms. The number of para-hydroxylation sites is 4. The summed E-state index contributed by atoms with van der Waals surface area (Å²) in [6, 6.07) is 44.0. The van der Waals surface area contributed by atoms with Crippen LogP contribution in [0.1, 0.15) is 36.1 Å². The molecule has 0 amide bonds. The van der Waals surface area contributed by atoms with E-state index in [-0.39, 0.29) is 0 Å². The highest BCUT2D eigenvalue weighted by Crippen LogP contribution is 2.57. The molecular weight excluding hydrogens is 438 g/mol. The smallest absolute Gasteiger partial charge is 0.140 e. The maximum Gasteiger partial charge on any atom is 0.140 e. The van der Waals surface area contributed by atoms with Crippen molar-refractivity contribution in [3.63, 3.8) is 0 Å². The zero-order valence-electron chi connectivity index (χ0n) is 20.5. The van der Waals surface area contributed by atoms with E-state index >= 15 is 0 Å². The Kier molecular flexibility index (Phi) is 4.59. The van der Waals surface area contributed by atoms with Crippen LogP contribution in [0, 0.1) is 0 Å². The number of fused-ring (bicyclic) bond motifs is 5. The summed E-state index contributed by atoms with van der Waals surface area (Å²) in [5.41, 5.74) is 8.77. The summed E-state index contributed by atoms with van der Waals surface area (Å²) in [6.45, 7) is 4.53. The van der Waals surface area contributed by atoms with Crippen molar-refractivity contribution in [3.05, 3.63) is 144 Å². The number of hydrogen-bond acceptors (Lipinski definition) is 2. The van der Waals surface area contributed by atoms with Gasteiger partial charge in [0.2, 0.25) is 0 Å². The van der Waals surface area contributed by atoms with Gasteiger partial charge in [-0.1, -0.05) is 103 Å². The summed E-state index contributed by atoms with van der Waals surface area (Å²) < 4.78 is 6.67. The van der Waals surface area contributed by atoms with Crippen LogP contribution < -0.4 is 4.90 Å². The van der Waals surface area contributed by atoms with Gasteiger partial charge >= 0.3 is 0 Å². The lowest BCUT2D eigenvalue weighted by molar-refractivity contribution is 0.637. The Morgan fingerprint density at radius 1 is 0.556 bits per heavy atom. The molecular formula is C34H27NO. The third kappa shape index (κ3) is 2.73. The fraction of sp³-hybridized carbons (Fsp3) is 0.118. The summed E-state index contributed by atoms with van der Waals surface area (Å²) in [7, 11) is 0. The minimum absolute atomic E-state index is 0.308. The van der Waals surface area contributed by atoms with Gasteiger partial charge in [0.15, 0.2) is 0 Å².